The van der Waals surface area contributed by atoms with Gasteiger partial charge in [-0.1, -0.05) is 93.2 Å². The Morgan fingerprint density at radius 1 is 1.00 bits per heavy atom. The maximum absolute atomic E-state index is 13.8. The van der Waals surface area contributed by atoms with E-state index in [2.05, 4.69) is 42.2 Å². The van der Waals surface area contributed by atoms with Crippen LogP contribution < -0.4 is 5.32 Å². The molecule has 3 unspecified atom stereocenters. The molecule has 0 aromatic heterocycles. The lowest BCUT2D eigenvalue weighted by molar-refractivity contribution is -0.149. The predicted molar refractivity (Wildman–Crippen MR) is 139 cm³/mol. The lowest BCUT2D eigenvalue weighted by Crippen LogP contribution is -2.42. The van der Waals surface area contributed by atoms with Crippen molar-refractivity contribution in [3.63, 3.8) is 0 Å². The second kappa shape index (κ2) is 9.53. The minimum absolute atomic E-state index is 0.0831. The number of carbonyl (C=O) groups is 2. The number of allylic oxidation sites excluding steroid dienone is 2. The third-order valence-corrected chi connectivity index (χ3v) is 7.08. The van der Waals surface area contributed by atoms with E-state index in [1.54, 1.807) is 0 Å². The Balaban J connectivity index is 1.64. The van der Waals surface area contributed by atoms with Crippen LogP contribution in [0.15, 0.2) is 96.3 Å². The fourth-order valence-corrected chi connectivity index (χ4v) is 5.48. The molecule has 1 aliphatic carbocycles. The molecule has 0 saturated carbocycles. The van der Waals surface area contributed by atoms with E-state index in [0.29, 0.717) is 30.7 Å². The first-order valence-corrected chi connectivity index (χ1v) is 12.3. The van der Waals surface area contributed by atoms with E-state index >= 15 is 0 Å². The number of Topliss-reactive ketones (excluding diaryl/α,β-unsaturated/α-hetero) is 1. The molecule has 0 amide bonds. The largest absolute Gasteiger partial charge is 0.465 e. The first kappa shape index (κ1) is 23.1. The number of nitrogens with one attached hydrogen (secondary N) is 1. The molecule has 1 heterocycles. The van der Waals surface area contributed by atoms with Gasteiger partial charge in [-0.15, -0.1) is 0 Å². The van der Waals surface area contributed by atoms with Gasteiger partial charge in [-0.25, -0.2) is 0 Å². The Morgan fingerprint density at radius 2 is 1.71 bits per heavy atom. The highest BCUT2D eigenvalue weighted by Crippen LogP contribution is 2.48. The highest BCUT2D eigenvalue weighted by atomic mass is 16.5. The van der Waals surface area contributed by atoms with Crippen molar-refractivity contribution < 1.29 is 14.3 Å². The average molecular weight is 466 g/mol. The zero-order chi connectivity index (χ0) is 24.5. The molecule has 4 nitrogen and oxygen atoms in total. The molecule has 3 aromatic rings. The molecule has 0 spiro atoms. The topological polar surface area (TPSA) is 55.4 Å². The number of esters is 1. The van der Waals surface area contributed by atoms with Gasteiger partial charge in [0.05, 0.1) is 6.61 Å². The first-order valence-electron chi connectivity index (χ1n) is 12.3. The zero-order valence-electron chi connectivity index (χ0n) is 20.3. The molecule has 0 radical (unpaired) electrons. The Bertz CT molecular complexity index is 1320. The van der Waals surface area contributed by atoms with Crippen molar-refractivity contribution in [3.8, 4) is 0 Å². The van der Waals surface area contributed by atoms with Crippen LogP contribution in [0, 0.1) is 11.8 Å². The number of benzene rings is 3. The second-order valence-corrected chi connectivity index (χ2v) is 10.0. The van der Waals surface area contributed by atoms with E-state index in [9.17, 15) is 9.59 Å². The van der Waals surface area contributed by atoms with E-state index in [-0.39, 0.29) is 23.6 Å². The minimum Gasteiger partial charge on any atom is -0.465 e. The quantitative estimate of drug-likeness (QED) is 0.452. The summed E-state index contributed by atoms with van der Waals surface area (Å²) in [5.74, 6) is -1.04. The summed E-state index contributed by atoms with van der Waals surface area (Å²) in [4.78, 5) is 27.2. The van der Waals surface area contributed by atoms with Crippen molar-refractivity contribution in [1.29, 1.82) is 0 Å². The number of ether oxygens (including phenoxy) is 1. The van der Waals surface area contributed by atoms with Gasteiger partial charge >= 0.3 is 5.97 Å². The molecule has 0 bridgehead atoms. The van der Waals surface area contributed by atoms with E-state index in [1.807, 2.05) is 56.3 Å². The number of fused-ring (bicyclic) bond motifs is 1. The predicted octanol–water partition coefficient (Wildman–Crippen LogP) is 6.26. The highest BCUT2D eigenvalue weighted by molar-refractivity contribution is 6.02. The van der Waals surface area contributed by atoms with E-state index in [0.717, 1.165) is 27.6 Å². The second-order valence-electron chi connectivity index (χ2n) is 10.0. The molecule has 35 heavy (non-hydrogen) atoms. The van der Waals surface area contributed by atoms with Gasteiger partial charge in [0.2, 0.25) is 0 Å². The highest BCUT2D eigenvalue weighted by Gasteiger charge is 2.45. The van der Waals surface area contributed by atoms with Crippen LogP contribution in [-0.4, -0.2) is 18.4 Å². The molecule has 1 aliphatic heterocycles. The maximum Gasteiger partial charge on any atom is 0.315 e. The van der Waals surface area contributed by atoms with Gasteiger partial charge < -0.3 is 10.1 Å². The van der Waals surface area contributed by atoms with Crippen LogP contribution in [-0.2, 0) is 14.3 Å². The summed E-state index contributed by atoms with van der Waals surface area (Å²) in [6, 6.07) is 24.4. The molecule has 0 saturated heterocycles. The lowest BCUT2D eigenvalue weighted by Gasteiger charge is -2.40. The Hall–Kier alpha value is -3.66. The van der Waals surface area contributed by atoms with Crippen molar-refractivity contribution in [3.05, 3.63) is 107 Å². The van der Waals surface area contributed by atoms with Gasteiger partial charge in [-0.2, -0.15) is 0 Å². The van der Waals surface area contributed by atoms with E-state index < -0.39 is 11.8 Å². The van der Waals surface area contributed by atoms with Gasteiger partial charge in [-0.3, -0.25) is 9.59 Å². The van der Waals surface area contributed by atoms with Crippen molar-refractivity contribution >= 4 is 22.5 Å². The summed E-state index contributed by atoms with van der Waals surface area (Å²) in [6.45, 7) is 8.61. The van der Waals surface area contributed by atoms with Crippen LogP contribution in [0.5, 0.6) is 0 Å². The molecule has 5 rings (SSSR count). The maximum atomic E-state index is 13.8. The first-order chi connectivity index (χ1) is 16.9. The molecule has 3 atom stereocenters. The SMILES string of the molecule is C=C1NC2=C(C(=O)CC(c3ccccc3)C2)C(c2cccc3ccccc23)C1C(=O)OCC(C)C. The van der Waals surface area contributed by atoms with E-state index in [1.165, 1.54) is 0 Å². The Morgan fingerprint density at radius 3 is 2.49 bits per heavy atom. The van der Waals surface area contributed by atoms with Crippen molar-refractivity contribution in [2.45, 2.75) is 38.5 Å². The minimum atomic E-state index is -0.671. The van der Waals surface area contributed by atoms with Crippen LogP contribution in [0.4, 0.5) is 0 Å². The summed E-state index contributed by atoms with van der Waals surface area (Å²) in [5, 5.41) is 5.50. The molecule has 3 aromatic carbocycles. The molecule has 0 fully saturated rings. The van der Waals surface area contributed by atoms with Crippen LogP contribution in [0.25, 0.3) is 10.8 Å². The number of ketones is 1. The Kier molecular flexibility index (Phi) is 6.29. The van der Waals surface area contributed by atoms with Gasteiger partial charge in [0.1, 0.15) is 5.92 Å². The fraction of sp³-hybridized carbons (Fsp3) is 0.290. The van der Waals surface area contributed by atoms with Gasteiger partial charge in [0.25, 0.3) is 0 Å². The van der Waals surface area contributed by atoms with Crippen LogP contribution in [0.1, 0.15) is 49.7 Å². The van der Waals surface area contributed by atoms with Crippen molar-refractivity contribution in [2.24, 2.45) is 11.8 Å². The Labute approximate surface area is 206 Å². The molecule has 1 N–H and O–H groups in total. The van der Waals surface area contributed by atoms with Crippen molar-refractivity contribution in [1.82, 2.24) is 5.32 Å². The normalized spacial score (nSPS) is 22.2. The summed E-state index contributed by atoms with van der Waals surface area (Å²) < 4.78 is 5.71. The fourth-order valence-electron chi connectivity index (χ4n) is 5.48. The number of carbonyl (C=O) groups excluding carboxylic acids is 2. The van der Waals surface area contributed by atoms with Crippen LogP contribution in [0.3, 0.4) is 0 Å². The van der Waals surface area contributed by atoms with Crippen LogP contribution >= 0.6 is 0 Å². The molecule has 178 valence electrons. The molecular weight excluding hydrogens is 434 g/mol. The zero-order valence-corrected chi connectivity index (χ0v) is 20.3. The molecule has 4 heteroatoms. The summed E-state index contributed by atoms with van der Waals surface area (Å²) in [5.41, 5.74) is 4.30. The number of hydrogen-bond donors (Lipinski definition) is 1. The molecule has 2 aliphatic rings. The molecular formula is C31H31NO3. The average Bonchev–Trinajstić information content (AvgIpc) is 2.86. The standard InChI is InChI=1S/C31H31NO3/c1-19(2)18-35-31(34)28-20(3)32-26-16-23(21-10-5-4-6-11-21)17-27(33)30(26)29(28)25-15-9-13-22-12-7-8-14-24(22)25/h4-15,19,23,28-29,32H,3,16-18H2,1-2H3. The van der Waals surface area contributed by atoms with Gasteiger partial charge in [0.15, 0.2) is 5.78 Å². The summed E-state index contributed by atoms with van der Waals surface area (Å²) in [6.07, 6.45) is 1.13. The van der Waals surface area contributed by atoms with Crippen LogP contribution in [0.2, 0.25) is 0 Å². The third kappa shape index (κ3) is 4.41. The van der Waals surface area contributed by atoms with Gasteiger partial charge in [0, 0.05) is 29.3 Å². The summed E-state index contributed by atoms with van der Waals surface area (Å²) in [7, 11) is 0. The monoisotopic (exact) mass is 465 g/mol. The number of rotatable bonds is 5. The number of hydrogen-bond acceptors (Lipinski definition) is 4. The lowest BCUT2D eigenvalue weighted by atomic mass is 9.68. The summed E-state index contributed by atoms with van der Waals surface area (Å²) >= 11 is 0. The van der Waals surface area contributed by atoms with Crippen molar-refractivity contribution in [2.75, 3.05) is 6.61 Å². The third-order valence-electron chi connectivity index (χ3n) is 7.08. The van der Waals surface area contributed by atoms with E-state index in [4.69, 9.17) is 4.74 Å². The smallest absolute Gasteiger partial charge is 0.315 e. The van der Waals surface area contributed by atoms with Gasteiger partial charge in [-0.05, 0) is 40.2 Å².